The Morgan fingerprint density at radius 1 is 1.39 bits per heavy atom. The molecule has 7 heteroatoms. The van der Waals surface area contributed by atoms with Gasteiger partial charge in [-0.05, 0) is 17.7 Å². The van der Waals surface area contributed by atoms with Crippen molar-refractivity contribution in [2.45, 2.75) is 12.5 Å². The van der Waals surface area contributed by atoms with Gasteiger partial charge in [0.2, 0.25) is 0 Å². The molecule has 6 nitrogen and oxygen atoms in total. The van der Waals surface area contributed by atoms with Gasteiger partial charge in [-0.3, -0.25) is 4.79 Å². The second kappa shape index (κ2) is 5.97. The number of rotatable bonds is 5. The maximum Gasteiger partial charge on any atom is 0.404 e. The van der Waals surface area contributed by atoms with Crippen LogP contribution in [-0.2, 0) is 11.2 Å². The van der Waals surface area contributed by atoms with Crippen molar-refractivity contribution in [3.05, 3.63) is 35.1 Å². The molecule has 0 aliphatic carbocycles. The lowest BCUT2D eigenvalue weighted by Crippen LogP contribution is -2.27. The number of amides is 2. The summed E-state index contributed by atoms with van der Waals surface area (Å²) in [5.41, 5.74) is 9.98. The first-order valence-electron chi connectivity index (χ1n) is 5.09. The van der Waals surface area contributed by atoms with Crippen molar-refractivity contribution < 1.29 is 23.8 Å². The van der Waals surface area contributed by atoms with Gasteiger partial charge in [-0.1, -0.05) is 6.07 Å². The monoisotopic (exact) mass is 256 g/mol. The van der Waals surface area contributed by atoms with Crippen LogP contribution in [0.1, 0.15) is 15.9 Å². The number of primary amides is 2. The first-order chi connectivity index (χ1) is 8.43. The second-order valence-electron chi connectivity index (χ2n) is 3.62. The van der Waals surface area contributed by atoms with Crippen molar-refractivity contribution in [2.24, 2.45) is 11.5 Å². The first kappa shape index (κ1) is 13.9. The maximum absolute atomic E-state index is 13.4. The quantitative estimate of drug-likeness (QED) is 0.683. The van der Waals surface area contributed by atoms with Crippen molar-refractivity contribution in [2.75, 3.05) is 6.61 Å². The van der Waals surface area contributed by atoms with Gasteiger partial charge in [0, 0.05) is 6.42 Å². The van der Waals surface area contributed by atoms with Crippen LogP contribution in [-0.4, -0.2) is 29.8 Å². The largest absolute Gasteiger partial charge is 0.444 e. The Balaban J connectivity index is 2.81. The van der Waals surface area contributed by atoms with Crippen molar-refractivity contribution >= 4 is 12.0 Å². The van der Waals surface area contributed by atoms with E-state index in [1.165, 1.54) is 12.1 Å². The molecule has 1 aromatic carbocycles. The maximum atomic E-state index is 13.4. The number of hydrogen-bond acceptors (Lipinski definition) is 4. The number of aliphatic hydroxyl groups is 1. The van der Waals surface area contributed by atoms with Crippen LogP contribution in [0.4, 0.5) is 9.18 Å². The van der Waals surface area contributed by atoms with Crippen LogP contribution in [0.25, 0.3) is 0 Å². The molecule has 0 radical (unpaired) electrons. The molecule has 0 saturated carbocycles. The van der Waals surface area contributed by atoms with Crippen LogP contribution < -0.4 is 11.5 Å². The normalized spacial score (nSPS) is 11.9. The molecule has 1 atom stereocenters. The predicted molar refractivity (Wildman–Crippen MR) is 60.2 cm³/mol. The molecule has 0 unspecified atom stereocenters. The Morgan fingerprint density at radius 2 is 2.06 bits per heavy atom. The Kier molecular flexibility index (Phi) is 4.61. The number of carbonyl (C=O) groups excluding carboxylic acids is 2. The summed E-state index contributed by atoms with van der Waals surface area (Å²) in [7, 11) is 0. The van der Waals surface area contributed by atoms with Gasteiger partial charge in [0.25, 0.3) is 5.91 Å². The number of hydrogen-bond donors (Lipinski definition) is 3. The second-order valence-corrected chi connectivity index (χ2v) is 3.62. The number of ether oxygens (including phenoxy) is 1. The molecule has 2 amide bonds. The molecule has 0 fully saturated rings. The van der Waals surface area contributed by atoms with E-state index in [4.69, 9.17) is 16.6 Å². The molecule has 0 heterocycles. The van der Waals surface area contributed by atoms with Gasteiger partial charge in [-0.15, -0.1) is 0 Å². The molecule has 0 aliphatic rings. The molecule has 0 aliphatic heterocycles. The standard InChI is InChI=1S/C11H13FN2O4/c12-9-4-6(1-2-8(9)10(13)16)3-7(5-15)18-11(14)17/h1-2,4,7,15H,3,5H2,(H2,13,16)(H2,14,17)/t7-/m0/s1. The predicted octanol–water partition coefficient (Wildman–Crippen LogP) is -0.0767. The first-order valence-corrected chi connectivity index (χ1v) is 5.09. The fourth-order valence-corrected chi connectivity index (χ4v) is 1.46. The van der Waals surface area contributed by atoms with Crippen LogP contribution in [0.5, 0.6) is 0 Å². The summed E-state index contributed by atoms with van der Waals surface area (Å²) < 4.78 is 18.0. The lowest BCUT2D eigenvalue weighted by molar-refractivity contribution is 0.0639. The number of nitrogens with two attached hydrogens (primary N) is 2. The molecule has 0 aromatic heterocycles. The third-order valence-electron chi connectivity index (χ3n) is 2.25. The Morgan fingerprint density at radius 3 is 2.50 bits per heavy atom. The summed E-state index contributed by atoms with van der Waals surface area (Å²) in [4.78, 5) is 21.3. The van der Waals surface area contributed by atoms with E-state index in [2.05, 4.69) is 4.74 Å². The van der Waals surface area contributed by atoms with E-state index in [1.54, 1.807) is 0 Å². The summed E-state index contributed by atoms with van der Waals surface area (Å²) in [5, 5.41) is 8.95. The third-order valence-corrected chi connectivity index (χ3v) is 2.25. The minimum atomic E-state index is -1.02. The summed E-state index contributed by atoms with van der Waals surface area (Å²) >= 11 is 0. The van der Waals surface area contributed by atoms with E-state index in [1.807, 2.05) is 0 Å². The zero-order valence-corrected chi connectivity index (χ0v) is 9.43. The molecule has 5 N–H and O–H groups in total. The molecular weight excluding hydrogens is 243 g/mol. The average Bonchev–Trinajstić information content (AvgIpc) is 2.27. The summed E-state index contributed by atoms with van der Waals surface area (Å²) in [6.07, 6.45) is -1.81. The third kappa shape index (κ3) is 3.70. The number of halogens is 1. The van der Waals surface area contributed by atoms with Gasteiger partial charge in [-0.2, -0.15) is 0 Å². The van der Waals surface area contributed by atoms with Gasteiger partial charge in [0.15, 0.2) is 0 Å². The van der Waals surface area contributed by atoms with Crippen LogP contribution >= 0.6 is 0 Å². The van der Waals surface area contributed by atoms with Crippen LogP contribution in [0.3, 0.4) is 0 Å². The zero-order chi connectivity index (χ0) is 13.7. The van der Waals surface area contributed by atoms with Gasteiger partial charge >= 0.3 is 6.09 Å². The van der Waals surface area contributed by atoms with Crippen molar-refractivity contribution in [1.82, 2.24) is 0 Å². The Bertz CT molecular complexity index is 464. The molecule has 0 spiro atoms. The molecule has 0 bridgehead atoms. The number of aliphatic hydroxyl groups excluding tert-OH is 1. The molecule has 98 valence electrons. The number of carbonyl (C=O) groups is 2. The topological polar surface area (TPSA) is 116 Å². The van der Waals surface area contributed by atoms with Crippen molar-refractivity contribution in [3.63, 3.8) is 0 Å². The van der Waals surface area contributed by atoms with Crippen molar-refractivity contribution in [3.8, 4) is 0 Å². The van der Waals surface area contributed by atoms with E-state index in [9.17, 15) is 14.0 Å². The number of benzene rings is 1. The van der Waals surface area contributed by atoms with E-state index >= 15 is 0 Å². The fourth-order valence-electron chi connectivity index (χ4n) is 1.46. The highest BCUT2D eigenvalue weighted by atomic mass is 19.1. The molecule has 1 rings (SSSR count). The Labute approximate surface area is 102 Å². The van der Waals surface area contributed by atoms with Crippen molar-refractivity contribution in [1.29, 1.82) is 0 Å². The van der Waals surface area contributed by atoms with Crippen LogP contribution in [0.2, 0.25) is 0 Å². The summed E-state index contributed by atoms with van der Waals surface area (Å²) in [6.45, 7) is -0.442. The average molecular weight is 256 g/mol. The summed E-state index contributed by atoms with van der Waals surface area (Å²) in [6, 6.07) is 3.77. The SMILES string of the molecule is NC(=O)O[C@H](CO)Cc1ccc(C(N)=O)c(F)c1. The van der Waals surface area contributed by atoms with E-state index in [0.29, 0.717) is 5.56 Å². The molecular formula is C11H13FN2O4. The van der Waals surface area contributed by atoms with E-state index in [0.717, 1.165) is 6.07 Å². The van der Waals surface area contributed by atoms with Gasteiger partial charge in [-0.25, -0.2) is 9.18 Å². The molecule has 0 saturated heterocycles. The van der Waals surface area contributed by atoms with E-state index < -0.39 is 30.5 Å². The zero-order valence-electron chi connectivity index (χ0n) is 9.43. The highest BCUT2D eigenvalue weighted by Gasteiger charge is 2.14. The lowest BCUT2D eigenvalue weighted by Gasteiger charge is -2.14. The Hall–Kier alpha value is -2.15. The fraction of sp³-hybridized carbons (Fsp3) is 0.273. The summed E-state index contributed by atoms with van der Waals surface area (Å²) in [5.74, 6) is -1.64. The minimum absolute atomic E-state index is 0.0788. The molecule has 18 heavy (non-hydrogen) atoms. The van der Waals surface area contributed by atoms with Gasteiger partial charge in [0.1, 0.15) is 11.9 Å². The van der Waals surface area contributed by atoms with Gasteiger partial charge < -0.3 is 21.3 Å². The van der Waals surface area contributed by atoms with E-state index in [-0.39, 0.29) is 12.0 Å². The molecule has 1 aromatic rings. The highest BCUT2D eigenvalue weighted by molar-refractivity contribution is 5.93. The highest BCUT2D eigenvalue weighted by Crippen LogP contribution is 2.12. The lowest BCUT2D eigenvalue weighted by atomic mass is 10.1. The smallest absolute Gasteiger partial charge is 0.404 e. The minimum Gasteiger partial charge on any atom is -0.444 e. The van der Waals surface area contributed by atoms with Crippen LogP contribution in [0.15, 0.2) is 18.2 Å². The van der Waals surface area contributed by atoms with Gasteiger partial charge in [0.05, 0.1) is 12.2 Å². The van der Waals surface area contributed by atoms with Crippen LogP contribution in [0, 0.1) is 5.82 Å².